The highest BCUT2D eigenvalue weighted by Gasteiger charge is 2.61. The van der Waals surface area contributed by atoms with Crippen LogP contribution in [0.25, 0.3) is 0 Å². The number of H-pyrrole nitrogens is 1. The minimum Gasteiger partial charge on any atom is -0.394 e. The van der Waals surface area contributed by atoms with Crippen molar-refractivity contribution in [3.8, 4) is 0 Å². The zero-order valence-electron chi connectivity index (χ0n) is 9.98. The summed E-state index contributed by atoms with van der Waals surface area (Å²) >= 11 is 0. The monoisotopic (exact) mass is 270 g/mol. The highest BCUT2D eigenvalue weighted by atomic mass is 16.6. The van der Waals surface area contributed by atoms with Crippen LogP contribution in [0.5, 0.6) is 0 Å². The van der Waals surface area contributed by atoms with Gasteiger partial charge in [0.2, 0.25) is 0 Å². The van der Waals surface area contributed by atoms with Gasteiger partial charge in [-0.15, -0.1) is 0 Å². The van der Waals surface area contributed by atoms with Gasteiger partial charge in [-0.05, 0) is 0 Å². The SMILES string of the molecule is O=c1ccn(C2OC(CO)[C@@H](O)[C@]23CCO3)c(=O)[nH]1. The number of nitrogens with zero attached hydrogens (tertiary/aromatic N) is 1. The molecular formula is C11H14N2O6. The Kier molecular flexibility index (Phi) is 2.82. The van der Waals surface area contributed by atoms with Crippen LogP contribution in [-0.4, -0.2) is 50.8 Å². The number of rotatable bonds is 2. The second-order valence-electron chi connectivity index (χ2n) is 4.73. The smallest absolute Gasteiger partial charge is 0.330 e. The maximum absolute atomic E-state index is 11.8. The van der Waals surface area contributed by atoms with Crippen molar-refractivity contribution in [2.75, 3.05) is 13.2 Å². The van der Waals surface area contributed by atoms with Crippen molar-refractivity contribution in [3.63, 3.8) is 0 Å². The molecule has 8 heteroatoms. The summed E-state index contributed by atoms with van der Waals surface area (Å²) in [5, 5.41) is 19.3. The highest BCUT2D eigenvalue weighted by molar-refractivity contribution is 5.07. The van der Waals surface area contributed by atoms with Crippen LogP contribution in [0.4, 0.5) is 0 Å². The molecule has 8 nitrogen and oxygen atoms in total. The molecule has 0 amide bonds. The average Bonchev–Trinajstić information content (AvgIpc) is 2.62. The Morgan fingerprint density at radius 3 is 2.79 bits per heavy atom. The minimum absolute atomic E-state index is 0.374. The summed E-state index contributed by atoms with van der Waals surface area (Å²) in [5.41, 5.74) is -2.18. The van der Waals surface area contributed by atoms with Gasteiger partial charge in [-0.2, -0.15) is 0 Å². The molecule has 2 unspecified atom stereocenters. The van der Waals surface area contributed by atoms with Crippen LogP contribution < -0.4 is 11.2 Å². The Bertz CT molecular complexity index is 589. The Morgan fingerprint density at radius 2 is 2.26 bits per heavy atom. The molecule has 3 N–H and O–H groups in total. The van der Waals surface area contributed by atoms with Gasteiger partial charge < -0.3 is 19.7 Å². The molecule has 3 heterocycles. The first-order valence-electron chi connectivity index (χ1n) is 5.98. The number of hydrogen-bond donors (Lipinski definition) is 3. The van der Waals surface area contributed by atoms with Crippen LogP contribution in [0.1, 0.15) is 12.6 Å². The van der Waals surface area contributed by atoms with Crippen molar-refractivity contribution in [1.82, 2.24) is 9.55 Å². The van der Waals surface area contributed by atoms with E-state index in [0.717, 1.165) is 0 Å². The lowest BCUT2D eigenvalue weighted by Gasteiger charge is -2.44. The summed E-state index contributed by atoms with van der Waals surface area (Å²) in [4.78, 5) is 25.0. The molecule has 1 spiro atoms. The molecule has 1 aromatic heterocycles. The normalized spacial score (nSPS) is 37.5. The van der Waals surface area contributed by atoms with E-state index in [9.17, 15) is 19.8 Å². The van der Waals surface area contributed by atoms with Crippen molar-refractivity contribution in [2.24, 2.45) is 0 Å². The van der Waals surface area contributed by atoms with Gasteiger partial charge in [-0.1, -0.05) is 0 Å². The quantitative estimate of drug-likeness (QED) is 0.570. The number of aliphatic hydroxyl groups is 2. The van der Waals surface area contributed by atoms with Crippen LogP contribution in [0.15, 0.2) is 21.9 Å². The topological polar surface area (TPSA) is 114 Å². The third-order valence-electron chi connectivity index (χ3n) is 3.72. The molecule has 1 aromatic rings. The van der Waals surface area contributed by atoms with Gasteiger partial charge in [0, 0.05) is 18.7 Å². The second kappa shape index (κ2) is 4.27. The van der Waals surface area contributed by atoms with Crippen LogP contribution in [0.2, 0.25) is 0 Å². The molecule has 0 aliphatic carbocycles. The average molecular weight is 270 g/mol. The molecule has 0 bridgehead atoms. The second-order valence-corrected chi connectivity index (χ2v) is 4.73. The lowest BCUT2D eigenvalue weighted by Crippen LogP contribution is -2.57. The lowest BCUT2D eigenvalue weighted by atomic mass is 9.86. The molecule has 2 aliphatic heterocycles. The minimum atomic E-state index is -1.03. The fourth-order valence-electron chi connectivity index (χ4n) is 2.64. The predicted octanol–water partition coefficient (Wildman–Crippen LogP) is -2.05. The fourth-order valence-corrected chi connectivity index (χ4v) is 2.64. The molecular weight excluding hydrogens is 256 g/mol. The van der Waals surface area contributed by atoms with E-state index in [1.165, 1.54) is 16.8 Å². The molecule has 104 valence electrons. The number of nitrogens with one attached hydrogen (secondary N) is 1. The summed E-state index contributed by atoms with van der Waals surface area (Å²) in [6.07, 6.45) is -0.889. The van der Waals surface area contributed by atoms with Crippen LogP contribution >= 0.6 is 0 Å². The summed E-state index contributed by atoms with van der Waals surface area (Å²) < 4.78 is 12.1. The van der Waals surface area contributed by atoms with E-state index in [-0.39, 0.29) is 6.61 Å². The van der Waals surface area contributed by atoms with E-state index in [2.05, 4.69) is 4.98 Å². The first-order valence-corrected chi connectivity index (χ1v) is 5.98. The Hall–Kier alpha value is -1.48. The van der Waals surface area contributed by atoms with E-state index in [1.807, 2.05) is 0 Å². The Labute approximate surface area is 107 Å². The van der Waals surface area contributed by atoms with Gasteiger partial charge in [0.1, 0.15) is 17.8 Å². The van der Waals surface area contributed by atoms with E-state index < -0.39 is 35.3 Å². The number of aromatic nitrogens is 2. The van der Waals surface area contributed by atoms with E-state index in [4.69, 9.17) is 9.47 Å². The molecule has 19 heavy (non-hydrogen) atoms. The third-order valence-corrected chi connectivity index (χ3v) is 3.72. The summed E-state index contributed by atoms with van der Waals surface area (Å²) in [6, 6.07) is 1.19. The standard InChI is InChI=1S/C11H14N2O6/c14-5-6-8(16)11(2-4-18-11)9(19-6)13-3-1-7(15)12-10(13)17/h1,3,6,8-9,14,16H,2,4-5H2,(H,12,15,17)/t6?,8-,9?,11-/m1/s1. The zero-order valence-corrected chi connectivity index (χ0v) is 9.98. The molecule has 4 atom stereocenters. The highest BCUT2D eigenvalue weighted by Crippen LogP contribution is 2.47. The van der Waals surface area contributed by atoms with Gasteiger partial charge >= 0.3 is 5.69 Å². The summed E-state index contributed by atoms with van der Waals surface area (Å²) in [6.45, 7) is 0.0774. The van der Waals surface area contributed by atoms with Gasteiger partial charge in [0.15, 0.2) is 6.23 Å². The van der Waals surface area contributed by atoms with E-state index >= 15 is 0 Å². The summed E-state index contributed by atoms with van der Waals surface area (Å²) in [5.74, 6) is 0. The van der Waals surface area contributed by atoms with E-state index in [0.29, 0.717) is 13.0 Å². The van der Waals surface area contributed by atoms with Crippen molar-refractivity contribution >= 4 is 0 Å². The van der Waals surface area contributed by atoms with Crippen LogP contribution in [-0.2, 0) is 9.47 Å². The Morgan fingerprint density at radius 1 is 1.53 bits per heavy atom. The van der Waals surface area contributed by atoms with Crippen molar-refractivity contribution in [3.05, 3.63) is 33.1 Å². The maximum Gasteiger partial charge on any atom is 0.330 e. The number of hydrogen-bond acceptors (Lipinski definition) is 6. The molecule has 0 aromatic carbocycles. The van der Waals surface area contributed by atoms with Crippen molar-refractivity contribution in [2.45, 2.75) is 30.5 Å². The molecule has 2 saturated heterocycles. The predicted molar refractivity (Wildman–Crippen MR) is 61.6 cm³/mol. The first kappa shape index (κ1) is 12.5. The number of aromatic amines is 1. The van der Waals surface area contributed by atoms with Crippen LogP contribution in [0.3, 0.4) is 0 Å². The maximum atomic E-state index is 11.8. The van der Waals surface area contributed by atoms with E-state index in [1.54, 1.807) is 0 Å². The Balaban J connectivity index is 2.04. The third kappa shape index (κ3) is 1.68. The molecule has 3 rings (SSSR count). The molecule has 0 radical (unpaired) electrons. The van der Waals surface area contributed by atoms with Crippen molar-refractivity contribution < 1.29 is 19.7 Å². The fraction of sp³-hybridized carbons (Fsp3) is 0.636. The molecule has 2 aliphatic rings. The largest absolute Gasteiger partial charge is 0.394 e. The molecule has 0 saturated carbocycles. The lowest BCUT2D eigenvalue weighted by molar-refractivity contribution is -0.227. The number of aliphatic hydroxyl groups excluding tert-OH is 2. The number of ether oxygens (including phenoxy) is 2. The van der Waals surface area contributed by atoms with Gasteiger partial charge in [0.05, 0.1) is 13.2 Å². The van der Waals surface area contributed by atoms with Gasteiger partial charge in [-0.25, -0.2) is 4.79 Å². The van der Waals surface area contributed by atoms with Gasteiger partial charge in [0.25, 0.3) is 5.56 Å². The first-order chi connectivity index (χ1) is 9.08. The van der Waals surface area contributed by atoms with Crippen LogP contribution in [0, 0.1) is 0 Å². The zero-order chi connectivity index (χ0) is 13.6. The molecule has 2 fully saturated rings. The van der Waals surface area contributed by atoms with Crippen molar-refractivity contribution in [1.29, 1.82) is 0 Å². The summed E-state index contributed by atoms with van der Waals surface area (Å²) in [7, 11) is 0. The van der Waals surface area contributed by atoms with Gasteiger partial charge in [-0.3, -0.25) is 14.3 Å².